The van der Waals surface area contributed by atoms with Gasteiger partial charge in [-0.05, 0) is 60.8 Å². The lowest BCUT2D eigenvalue weighted by molar-refractivity contribution is -0.149. The first-order valence-electron chi connectivity index (χ1n) is 9.87. The molecule has 0 radical (unpaired) electrons. The summed E-state index contributed by atoms with van der Waals surface area (Å²) in [5.41, 5.74) is -1.25. The van der Waals surface area contributed by atoms with E-state index in [-0.39, 0.29) is 12.8 Å². The molecule has 1 fully saturated rings. The summed E-state index contributed by atoms with van der Waals surface area (Å²) in [6.45, 7) is 10.6. The minimum absolute atomic E-state index is 0.00636. The summed E-state index contributed by atoms with van der Waals surface area (Å²) in [5, 5.41) is 20.2. The zero-order valence-electron chi connectivity index (χ0n) is 19.0. The summed E-state index contributed by atoms with van der Waals surface area (Å²) >= 11 is 0. The number of likely N-dealkylation sites (tertiary alicyclic amines) is 1. The molecule has 0 saturated carbocycles. The third kappa shape index (κ3) is 12.3. The second-order valence-corrected chi connectivity index (χ2v) is 9.01. The number of aliphatic hydroxyl groups is 1. The van der Waals surface area contributed by atoms with Gasteiger partial charge in [0.2, 0.25) is 5.91 Å². The topological polar surface area (TPSA) is 142 Å². The standard InChI is InChI=1S/C16H26N2O7.C4H10O/c1-16(2,3)25-15(23)17-10(7-8-12(19)24-4)13(20)18-9-5-6-11(18)14(21)22;1-4(2,3)5/h10-11H,5-9H2,1-4H3,(H,17,23)(H,21,22);5H,1-3H3/t10-,11?;/m0./s1. The molecule has 2 amide bonds. The van der Waals surface area contributed by atoms with E-state index >= 15 is 0 Å². The van der Waals surface area contributed by atoms with Crippen molar-refractivity contribution in [3.63, 3.8) is 0 Å². The van der Waals surface area contributed by atoms with Crippen molar-refractivity contribution in [2.24, 2.45) is 0 Å². The van der Waals surface area contributed by atoms with E-state index in [1.165, 1.54) is 12.0 Å². The zero-order chi connectivity index (χ0) is 23.7. The summed E-state index contributed by atoms with van der Waals surface area (Å²) in [7, 11) is 1.22. The number of rotatable bonds is 6. The van der Waals surface area contributed by atoms with Gasteiger partial charge < -0.3 is 29.9 Å². The third-order valence-corrected chi connectivity index (χ3v) is 3.67. The number of amides is 2. The van der Waals surface area contributed by atoms with Gasteiger partial charge in [-0.25, -0.2) is 9.59 Å². The van der Waals surface area contributed by atoms with Crippen molar-refractivity contribution < 1.29 is 38.9 Å². The molecule has 0 bridgehead atoms. The van der Waals surface area contributed by atoms with Gasteiger partial charge in [-0.2, -0.15) is 0 Å². The Labute approximate surface area is 177 Å². The lowest BCUT2D eigenvalue weighted by Gasteiger charge is -2.28. The molecule has 2 atom stereocenters. The summed E-state index contributed by atoms with van der Waals surface area (Å²) in [4.78, 5) is 48.6. The predicted molar refractivity (Wildman–Crippen MR) is 109 cm³/mol. The number of methoxy groups -OCH3 is 1. The monoisotopic (exact) mass is 432 g/mol. The maximum Gasteiger partial charge on any atom is 0.408 e. The largest absolute Gasteiger partial charge is 0.480 e. The van der Waals surface area contributed by atoms with Crippen LogP contribution in [-0.4, -0.2) is 76.0 Å². The van der Waals surface area contributed by atoms with Crippen LogP contribution >= 0.6 is 0 Å². The number of carboxylic acid groups (broad SMARTS) is 1. The van der Waals surface area contributed by atoms with Gasteiger partial charge >= 0.3 is 18.0 Å². The Morgan fingerprint density at radius 1 is 1.13 bits per heavy atom. The molecule has 1 heterocycles. The van der Waals surface area contributed by atoms with E-state index in [0.717, 1.165) is 0 Å². The maximum atomic E-state index is 12.7. The summed E-state index contributed by atoms with van der Waals surface area (Å²) in [6, 6.07) is -1.98. The molecule has 0 aromatic heterocycles. The third-order valence-electron chi connectivity index (χ3n) is 3.67. The minimum Gasteiger partial charge on any atom is -0.480 e. The number of nitrogens with one attached hydrogen (secondary N) is 1. The number of esters is 1. The molecular formula is C20H36N2O8. The first kappa shape index (κ1) is 27.6. The van der Waals surface area contributed by atoms with Crippen molar-refractivity contribution in [2.45, 2.75) is 90.5 Å². The van der Waals surface area contributed by atoms with Gasteiger partial charge in [-0.15, -0.1) is 0 Å². The highest BCUT2D eigenvalue weighted by atomic mass is 16.6. The molecule has 1 unspecified atom stereocenters. The highest BCUT2D eigenvalue weighted by Crippen LogP contribution is 2.20. The molecule has 1 rings (SSSR count). The van der Waals surface area contributed by atoms with Crippen LogP contribution in [-0.2, 0) is 23.9 Å². The lowest BCUT2D eigenvalue weighted by atomic mass is 10.1. The first-order valence-corrected chi connectivity index (χ1v) is 9.87. The van der Waals surface area contributed by atoms with Gasteiger partial charge in [0.15, 0.2) is 0 Å². The summed E-state index contributed by atoms with van der Waals surface area (Å²) < 4.78 is 9.68. The van der Waals surface area contributed by atoms with Crippen molar-refractivity contribution in [2.75, 3.05) is 13.7 Å². The number of carboxylic acids is 1. The number of ether oxygens (including phenoxy) is 2. The molecule has 0 aromatic carbocycles. The van der Waals surface area contributed by atoms with Crippen LogP contribution in [0, 0.1) is 0 Å². The van der Waals surface area contributed by atoms with Crippen LogP contribution in [0.4, 0.5) is 4.79 Å². The molecule has 30 heavy (non-hydrogen) atoms. The van der Waals surface area contributed by atoms with Crippen LogP contribution in [0.25, 0.3) is 0 Å². The van der Waals surface area contributed by atoms with Gasteiger partial charge in [-0.1, -0.05) is 0 Å². The minimum atomic E-state index is -1.09. The molecule has 10 heteroatoms. The fourth-order valence-corrected chi connectivity index (χ4v) is 2.56. The quantitative estimate of drug-likeness (QED) is 0.538. The van der Waals surface area contributed by atoms with Crippen molar-refractivity contribution in [3.05, 3.63) is 0 Å². The van der Waals surface area contributed by atoms with Crippen LogP contribution < -0.4 is 5.32 Å². The normalized spacial score (nSPS) is 17.3. The fourth-order valence-electron chi connectivity index (χ4n) is 2.56. The van der Waals surface area contributed by atoms with Crippen molar-refractivity contribution in [1.29, 1.82) is 0 Å². The van der Waals surface area contributed by atoms with E-state index in [2.05, 4.69) is 10.1 Å². The second kappa shape index (κ2) is 11.7. The summed E-state index contributed by atoms with van der Waals surface area (Å²) in [6.07, 6.45) is 0.0274. The Morgan fingerprint density at radius 3 is 2.10 bits per heavy atom. The van der Waals surface area contributed by atoms with E-state index in [9.17, 15) is 24.3 Å². The fraction of sp³-hybridized carbons (Fsp3) is 0.800. The van der Waals surface area contributed by atoms with Crippen LogP contribution in [0.1, 0.15) is 67.2 Å². The molecule has 0 spiro atoms. The Hall–Kier alpha value is -2.36. The van der Waals surface area contributed by atoms with Gasteiger partial charge in [-0.3, -0.25) is 9.59 Å². The molecule has 174 valence electrons. The number of carbonyl (C=O) groups excluding carboxylic acids is 3. The molecular weight excluding hydrogens is 396 g/mol. The van der Waals surface area contributed by atoms with Crippen LogP contribution in [0.15, 0.2) is 0 Å². The van der Waals surface area contributed by atoms with E-state index in [0.29, 0.717) is 19.4 Å². The molecule has 1 saturated heterocycles. The second-order valence-electron chi connectivity index (χ2n) is 9.01. The predicted octanol–water partition coefficient (Wildman–Crippen LogP) is 1.69. The zero-order valence-corrected chi connectivity index (χ0v) is 19.0. The van der Waals surface area contributed by atoms with E-state index < -0.39 is 47.2 Å². The number of aliphatic carboxylic acids is 1. The van der Waals surface area contributed by atoms with Gasteiger partial charge in [0.05, 0.1) is 12.7 Å². The number of nitrogens with zero attached hydrogens (tertiary/aromatic N) is 1. The number of hydrogen-bond donors (Lipinski definition) is 3. The average molecular weight is 433 g/mol. The van der Waals surface area contributed by atoms with Crippen molar-refractivity contribution >= 4 is 23.9 Å². The number of carbonyl (C=O) groups is 4. The molecule has 0 aliphatic carbocycles. The summed E-state index contributed by atoms with van der Waals surface area (Å²) in [5.74, 6) is -2.16. The number of alkyl carbamates (subject to hydrolysis) is 1. The highest BCUT2D eigenvalue weighted by molar-refractivity contribution is 5.90. The Bertz CT molecular complexity index is 601. The Kier molecular flexibility index (Phi) is 10.8. The number of hydrogen-bond acceptors (Lipinski definition) is 7. The van der Waals surface area contributed by atoms with Gasteiger partial charge in [0.1, 0.15) is 17.7 Å². The average Bonchev–Trinajstić information content (AvgIpc) is 3.04. The maximum absolute atomic E-state index is 12.7. The molecule has 1 aliphatic rings. The molecule has 0 aromatic rings. The molecule has 3 N–H and O–H groups in total. The van der Waals surface area contributed by atoms with Crippen molar-refractivity contribution in [1.82, 2.24) is 10.2 Å². The van der Waals surface area contributed by atoms with E-state index in [1.807, 2.05) is 0 Å². The van der Waals surface area contributed by atoms with E-state index in [4.69, 9.17) is 9.84 Å². The van der Waals surface area contributed by atoms with Crippen LogP contribution in [0.5, 0.6) is 0 Å². The smallest absolute Gasteiger partial charge is 0.408 e. The van der Waals surface area contributed by atoms with Crippen LogP contribution in [0.3, 0.4) is 0 Å². The van der Waals surface area contributed by atoms with E-state index in [1.54, 1.807) is 41.5 Å². The molecule has 1 aliphatic heterocycles. The van der Waals surface area contributed by atoms with Gasteiger partial charge in [0, 0.05) is 13.0 Å². The lowest BCUT2D eigenvalue weighted by Crippen LogP contribution is -2.52. The first-order chi connectivity index (χ1) is 13.5. The molecule has 10 nitrogen and oxygen atoms in total. The SMILES string of the molecule is CC(C)(C)O.COC(=O)CC[C@H](NC(=O)OC(C)(C)C)C(=O)N1CCCC1C(=O)O. The van der Waals surface area contributed by atoms with Crippen molar-refractivity contribution in [3.8, 4) is 0 Å². The highest BCUT2D eigenvalue weighted by Gasteiger charge is 2.38. The Balaban J connectivity index is 0.00000150. The van der Waals surface area contributed by atoms with Crippen LogP contribution in [0.2, 0.25) is 0 Å². The Morgan fingerprint density at radius 2 is 1.67 bits per heavy atom. The van der Waals surface area contributed by atoms with Gasteiger partial charge in [0.25, 0.3) is 0 Å².